The minimum Gasteiger partial charge on any atom is -0.439 e. The Balaban J connectivity index is 1.41. The first kappa shape index (κ1) is 21.4. The molecule has 3 rings (SSSR count). The summed E-state index contributed by atoms with van der Waals surface area (Å²) >= 11 is 6.31. The highest BCUT2D eigenvalue weighted by atomic mass is 35.5. The Morgan fingerprint density at radius 3 is 2.59 bits per heavy atom. The molecule has 0 radical (unpaired) electrons. The third kappa shape index (κ3) is 5.82. The summed E-state index contributed by atoms with van der Waals surface area (Å²) < 4.78 is 16.5. The van der Waals surface area contributed by atoms with Gasteiger partial charge in [0.2, 0.25) is 0 Å². The van der Waals surface area contributed by atoms with Crippen LogP contribution in [0, 0.1) is 0 Å². The molecule has 7 nitrogen and oxygen atoms in total. The van der Waals surface area contributed by atoms with E-state index in [2.05, 4.69) is 16.7 Å². The van der Waals surface area contributed by atoms with E-state index in [0.717, 1.165) is 15.8 Å². The number of carbonyl (C=O) groups is 2. The van der Waals surface area contributed by atoms with E-state index in [9.17, 15) is 9.59 Å². The van der Waals surface area contributed by atoms with Gasteiger partial charge in [-0.3, -0.25) is 4.79 Å². The maximum absolute atomic E-state index is 11.5. The summed E-state index contributed by atoms with van der Waals surface area (Å²) in [5, 5.41) is 7.86. The van der Waals surface area contributed by atoms with E-state index in [1.807, 2.05) is 30.3 Å². The van der Waals surface area contributed by atoms with Crippen LogP contribution in [0.1, 0.15) is 24.3 Å². The predicted molar refractivity (Wildman–Crippen MR) is 110 cm³/mol. The Labute approximate surface area is 174 Å². The van der Waals surface area contributed by atoms with Crippen LogP contribution in [-0.4, -0.2) is 51.7 Å². The topological polar surface area (TPSA) is 85.9 Å². The molecule has 2 aromatic carbocycles. The molecule has 29 heavy (non-hydrogen) atoms. The average molecular weight is 421 g/mol. The number of hydrogen-bond donors (Lipinski definition) is 2. The summed E-state index contributed by atoms with van der Waals surface area (Å²) in [6.45, 7) is 1.26. The summed E-state index contributed by atoms with van der Waals surface area (Å²) in [6.07, 6.45) is 0.417. The van der Waals surface area contributed by atoms with Gasteiger partial charge in [0.25, 0.3) is 5.91 Å². The zero-order valence-corrected chi connectivity index (χ0v) is 17.0. The van der Waals surface area contributed by atoms with Crippen molar-refractivity contribution in [2.24, 2.45) is 0 Å². The quantitative estimate of drug-likeness (QED) is 0.672. The first-order valence-corrected chi connectivity index (χ1v) is 9.98. The number of ether oxygens (including phenoxy) is 3. The Kier molecular flexibility index (Phi) is 7.69. The number of carbonyl (C=O) groups excluding carboxylic acids is 2. The molecule has 2 amide bonds. The van der Waals surface area contributed by atoms with Crippen molar-refractivity contribution in [3.05, 3.63) is 47.0 Å². The van der Waals surface area contributed by atoms with E-state index in [4.69, 9.17) is 25.8 Å². The van der Waals surface area contributed by atoms with Gasteiger partial charge >= 0.3 is 6.09 Å². The smallest absolute Gasteiger partial charge is 0.407 e. The van der Waals surface area contributed by atoms with Crippen LogP contribution >= 0.6 is 11.6 Å². The molecule has 2 aromatic rings. The normalized spacial score (nSPS) is 19.0. The lowest BCUT2D eigenvalue weighted by atomic mass is 9.94. The molecule has 0 unspecified atom stereocenters. The Bertz CT molecular complexity index is 852. The van der Waals surface area contributed by atoms with E-state index in [1.54, 1.807) is 0 Å². The molecule has 8 heteroatoms. The van der Waals surface area contributed by atoms with Gasteiger partial charge in [-0.05, 0) is 23.4 Å². The molecule has 1 aliphatic heterocycles. The van der Waals surface area contributed by atoms with E-state index in [1.165, 1.54) is 12.6 Å². The van der Waals surface area contributed by atoms with Gasteiger partial charge < -0.3 is 24.8 Å². The first-order chi connectivity index (χ1) is 14.1. The van der Waals surface area contributed by atoms with Crippen LogP contribution in [0.15, 0.2) is 36.4 Å². The monoisotopic (exact) mass is 420 g/mol. The van der Waals surface area contributed by atoms with Crippen LogP contribution < -0.4 is 10.6 Å². The molecule has 0 aliphatic carbocycles. The lowest BCUT2D eigenvalue weighted by Gasteiger charge is -2.30. The van der Waals surface area contributed by atoms with Crippen LogP contribution in [0.3, 0.4) is 0 Å². The van der Waals surface area contributed by atoms with Crippen LogP contribution in [0.25, 0.3) is 10.8 Å². The van der Waals surface area contributed by atoms with Gasteiger partial charge in [0.1, 0.15) is 0 Å². The minimum absolute atomic E-state index is 0.145. The fourth-order valence-corrected chi connectivity index (χ4v) is 3.47. The fourth-order valence-electron chi connectivity index (χ4n) is 3.24. The molecule has 1 saturated heterocycles. The van der Waals surface area contributed by atoms with E-state index in [0.29, 0.717) is 32.6 Å². The maximum atomic E-state index is 11.5. The number of alkyl carbamates (subject to hydrolysis) is 1. The molecule has 0 atom stereocenters. The second-order valence-corrected chi connectivity index (χ2v) is 7.20. The van der Waals surface area contributed by atoms with Crippen molar-refractivity contribution in [2.75, 3.05) is 33.4 Å². The molecule has 0 bridgehead atoms. The number of hydrogen-bond acceptors (Lipinski definition) is 5. The second-order valence-electron chi connectivity index (χ2n) is 6.79. The van der Waals surface area contributed by atoms with Crippen LogP contribution in [0.5, 0.6) is 0 Å². The second kappa shape index (κ2) is 10.4. The maximum Gasteiger partial charge on any atom is 0.407 e. The van der Waals surface area contributed by atoms with Crippen LogP contribution in [0.4, 0.5) is 4.79 Å². The number of nitrogens with one attached hydrogen (secondary N) is 2. The molecule has 0 saturated carbocycles. The van der Waals surface area contributed by atoms with Crippen molar-refractivity contribution >= 4 is 34.4 Å². The van der Waals surface area contributed by atoms with Crippen molar-refractivity contribution in [3.8, 4) is 0 Å². The highest BCUT2D eigenvalue weighted by molar-refractivity contribution is 6.35. The Hall–Kier alpha value is -2.35. The molecule has 1 fully saturated rings. The predicted octanol–water partition coefficient (Wildman–Crippen LogP) is 3.20. The highest BCUT2D eigenvalue weighted by Crippen LogP contribution is 2.33. The summed E-state index contributed by atoms with van der Waals surface area (Å²) in [5.74, 6) is -0.210. The van der Waals surface area contributed by atoms with Gasteiger partial charge in [-0.1, -0.05) is 41.9 Å². The van der Waals surface area contributed by atoms with Gasteiger partial charge in [-0.2, -0.15) is 0 Å². The molecular weight excluding hydrogens is 396 g/mol. The largest absolute Gasteiger partial charge is 0.439 e. The lowest BCUT2D eigenvalue weighted by molar-refractivity contribution is -0.189. The first-order valence-electron chi connectivity index (χ1n) is 9.60. The SMILES string of the molecule is CNC(=O)COC(=O)NCCCC1OCC(c2ccc(Cl)c3ccccc23)CO1. The third-order valence-corrected chi connectivity index (χ3v) is 5.14. The lowest BCUT2D eigenvalue weighted by Crippen LogP contribution is -2.33. The van der Waals surface area contributed by atoms with Crippen molar-refractivity contribution in [3.63, 3.8) is 0 Å². The van der Waals surface area contributed by atoms with E-state index in [-0.39, 0.29) is 24.7 Å². The molecule has 2 N–H and O–H groups in total. The van der Waals surface area contributed by atoms with Crippen molar-refractivity contribution in [1.29, 1.82) is 0 Å². The molecule has 156 valence electrons. The fraction of sp³-hybridized carbons (Fsp3) is 0.429. The number of rotatable bonds is 7. The molecule has 0 spiro atoms. The summed E-state index contributed by atoms with van der Waals surface area (Å²) in [4.78, 5) is 22.5. The third-order valence-electron chi connectivity index (χ3n) is 4.81. The summed E-state index contributed by atoms with van der Waals surface area (Å²) in [5.41, 5.74) is 1.17. The van der Waals surface area contributed by atoms with E-state index >= 15 is 0 Å². The molecule has 1 heterocycles. The number of amides is 2. The van der Waals surface area contributed by atoms with E-state index < -0.39 is 6.09 Å². The van der Waals surface area contributed by atoms with Gasteiger partial charge in [0.15, 0.2) is 12.9 Å². The number of likely N-dealkylation sites (N-methyl/N-ethyl adjacent to an activating group) is 1. The van der Waals surface area contributed by atoms with Crippen molar-refractivity contribution in [2.45, 2.75) is 25.0 Å². The average Bonchev–Trinajstić information content (AvgIpc) is 2.76. The Morgan fingerprint density at radius 1 is 1.14 bits per heavy atom. The van der Waals surface area contributed by atoms with Gasteiger partial charge in [-0.25, -0.2) is 4.79 Å². The summed E-state index contributed by atoms with van der Waals surface area (Å²) in [6, 6.07) is 12.0. The number of benzene rings is 2. The van der Waals surface area contributed by atoms with Gasteiger partial charge in [0, 0.05) is 36.3 Å². The van der Waals surface area contributed by atoms with Gasteiger partial charge in [-0.15, -0.1) is 0 Å². The van der Waals surface area contributed by atoms with Crippen molar-refractivity contribution < 1.29 is 23.8 Å². The minimum atomic E-state index is -0.617. The van der Waals surface area contributed by atoms with Crippen LogP contribution in [0.2, 0.25) is 5.02 Å². The Morgan fingerprint density at radius 2 is 1.86 bits per heavy atom. The highest BCUT2D eigenvalue weighted by Gasteiger charge is 2.24. The zero-order chi connectivity index (χ0) is 20.6. The van der Waals surface area contributed by atoms with Crippen molar-refractivity contribution in [1.82, 2.24) is 10.6 Å². The number of fused-ring (bicyclic) bond motifs is 1. The summed E-state index contributed by atoms with van der Waals surface area (Å²) in [7, 11) is 1.48. The molecule has 0 aromatic heterocycles. The molecule has 1 aliphatic rings. The standard InChI is InChI=1S/C21H25ClN2O5/c1-23-19(25)13-29-21(26)24-10-4-7-20-27-11-14(12-28-20)15-8-9-18(22)17-6-3-2-5-16(15)17/h2-3,5-6,8-9,14,20H,4,7,10-13H2,1H3,(H,23,25)(H,24,26). The zero-order valence-electron chi connectivity index (χ0n) is 16.3. The molecular formula is C21H25ClN2O5. The van der Waals surface area contributed by atoms with Gasteiger partial charge in [0.05, 0.1) is 13.2 Å². The van der Waals surface area contributed by atoms with Crippen LogP contribution in [-0.2, 0) is 19.0 Å². The number of halogens is 1.